The zero-order valence-corrected chi connectivity index (χ0v) is 12.2. The van der Waals surface area contributed by atoms with E-state index in [4.69, 9.17) is 0 Å². The lowest BCUT2D eigenvalue weighted by molar-refractivity contribution is 0.498. The van der Waals surface area contributed by atoms with E-state index in [2.05, 4.69) is 21.9 Å². The molecule has 106 valence electrons. The number of aromatic nitrogens is 1. The second-order valence-corrected chi connectivity index (χ2v) is 6.97. The highest BCUT2D eigenvalue weighted by Gasteiger charge is 2.24. The lowest BCUT2D eigenvalue weighted by Crippen LogP contribution is -2.29. The molecule has 1 saturated carbocycles. The molecule has 5 nitrogen and oxygen atoms in total. The number of pyridine rings is 1. The van der Waals surface area contributed by atoms with E-state index in [-0.39, 0.29) is 4.90 Å². The number of sulfonamides is 1. The van der Waals surface area contributed by atoms with Crippen molar-refractivity contribution in [3.63, 3.8) is 0 Å². The van der Waals surface area contributed by atoms with Gasteiger partial charge in [0.2, 0.25) is 10.0 Å². The summed E-state index contributed by atoms with van der Waals surface area (Å²) < 4.78 is 27.2. The molecule has 0 bridgehead atoms. The van der Waals surface area contributed by atoms with E-state index in [9.17, 15) is 8.42 Å². The van der Waals surface area contributed by atoms with Gasteiger partial charge in [0.05, 0.1) is 0 Å². The monoisotopic (exact) mass is 283 g/mol. The molecule has 1 aliphatic rings. The summed E-state index contributed by atoms with van der Waals surface area (Å²) in [6.45, 7) is 2.74. The molecule has 6 heteroatoms. The third-order valence-electron chi connectivity index (χ3n) is 3.66. The van der Waals surface area contributed by atoms with Crippen molar-refractivity contribution in [2.24, 2.45) is 11.8 Å². The maximum absolute atomic E-state index is 12.3. The molecule has 1 aliphatic carbocycles. The SMILES string of the molecule is CNc1ncccc1S(=O)(=O)NCC1CCC(C)C1. The molecule has 0 radical (unpaired) electrons. The largest absolute Gasteiger partial charge is 0.372 e. The van der Waals surface area contributed by atoms with E-state index in [0.717, 1.165) is 12.8 Å². The molecule has 1 fully saturated rings. The molecule has 2 unspecified atom stereocenters. The lowest BCUT2D eigenvalue weighted by atomic mass is 10.1. The molecular weight excluding hydrogens is 262 g/mol. The maximum Gasteiger partial charge on any atom is 0.244 e. The Labute approximate surface area is 114 Å². The lowest BCUT2D eigenvalue weighted by Gasteiger charge is -2.13. The van der Waals surface area contributed by atoms with E-state index >= 15 is 0 Å². The van der Waals surface area contributed by atoms with Gasteiger partial charge in [0.25, 0.3) is 0 Å². The van der Waals surface area contributed by atoms with Crippen LogP contribution in [0.15, 0.2) is 23.2 Å². The standard InChI is InChI=1S/C13H21N3O2S/c1-10-5-6-11(8-10)9-16-19(17,18)12-4-3-7-15-13(12)14-2/h3-4,7,10-11,16H,5-6,8-9H2,1-2H3,(H,14,15). The summed E-state index contributed by atoms with van der Waals surface area (Å²) in [5.41, 5.74) is 0. The quantitative estimate of drug-likeness (QED) is 0.865. The highest BCUT2D eigenvalue weighted by molar-refractivity contribution is 7.89. The van der Waals surface area contributed by atoms with Crippen LogP contribution in [-0.2, 0) is 10.0 Å². The first-order chi connectivity index (χ1) is 9.03. The fourth-order valence-electron chi connectivity index (χ4n) is 2.61. The molecule has 2 N–H and O–H groups in total. The molecule has 0 saturated heterocycles. The van der Waals surface area contributed by atoms with Crippen LogP contribution in [0.2, 0.25) is 0 Å². The third kappa shape index (κ3) is 3.45. The Kier molecular flexibility index (Phi) is 4.42. The highest BCUT2D eigenvalue weighted by Crippen LogP contribution is 2.30. The van der Waals surface area contributed by atoms with Crippen molar-refractivity contribution in [1.29, 1.82) is 0 Å². The average Bonchev–Trinajstić information content (AvgIpc) is 2.82. The second-order valence-electron chi connectivity index (χ2n) is 5.24. The molecule has 19 heavy (non-hydrogen) atoms. The van der Waals surface area contributed by atoms with E-state index in [1.54, 1.807) is 25.4 Å². The zero-order chi connectivity index (χ0) is 13.9. The first-order valence-electron chi connectivity index (χ1n) is 6.65. The van der Waals surface area contributed by atoms with Crippen molar-refractivity contribution < 1.29 is 8.42 Å². The predicted octanol–water partition coefficient (Wildman–Crippen LogP) is 1.84. The Morgan fingerprint density at radius 1 is 1.42 bits per heavy atom. The van der Waals surface area contributed by atoms with E-state index in [1.165, 1.54) is 6.42 Å². The van der Waals surface area contributed by atoms with Gasteiger partial charge in [-0.3, -0.25) is 0 Å². The van der Waals surface area contributed by atoms with E-state index in [0.29, 0.717) is 24.2 Å². The molecule has 0 spiro atoms. The van der Waals surface area contributed by atoms with Crippen LogP contribution in [0.4, 0.5) is 5.82 Å². The highest BCUT2D eigenvalue weighted by atomic mass is 32.2. The fraction of sp³-hybridized carbons (Fsp3) is 0.615. The van der Waals surface area contributed by atoms with Gasteiger partial charge in [-0.1, -0.05) is 13.3 Å². The van der Waals surface area contributed by atoms with Crippen LogP contribution in [0, 0.1) is 11.8 Å². The molecule has 2 atom stereocenters. The predicted molar refractivity (Wildman–Crippen MR) is 75.5 cm³/mol. The molecule has 0 amide bonds. The van der Waals surface area contributed by atoms with Crippen molar-refractivity contribution >= 4 is 15.8 Å². The van der Waals surface area contributed by atoms with Gasteiger partial charge in [-0.25, -0.2) is 18.1 Å². The number of anilines is 1. The molecule has 1 aromatic rings. The summed E-state index contributed by atoms with van der Waals surface area (Å²) in [5, 5.41) is 2.81. The molecule has 2 rings (SSSR count). The smallest absolute Gasteiger partial charge is 0.244 e. The van der Waals surface area contributed by atoms with Crippen LogP contribution in [0.5, 0.6) is 0 Å². The van der Waals surface area contributed by atoms with E-state index < -0.39 is 10.0 Å². The molecule has 1 aromatic heterocycles. The Balaban J connectivity index is 2.06. The summed E-state index contributed by atoms with van der Waals surface area (Å²) in [7, 11) is -1.82. The molecule has 0 aliphatic heterocycles. The number of hydrogen-bond donors (Lipinski definition) is 2. The van der Waals surface area contributed by atoms with Crippen LogP contribution in [-0.4, -0.2) is 27.0 Å². The number of rotatable bonds is 5. The number of nitrogens with zero attached hydrogens (tertiary/aromatic N) is 1. The normalized spacial score (nSPS) is 23.5. The topological polar surface area (TPSA) is 71.1 Å². The van der Waals surface area contributed by atoms with Gasteiger partial charge >= 0.3 is 0 Å². The van der Waals surface area contributed by atoms with Crippen molar-refractivity contribution in [2.45, 2.75) is 31.1 Å². The minimum Gasteiger partial charge on any atom is -0.372 e. The summed E-state index contributed by atoms with van der Waals surface area (Å²) >= 11 is 0. The Bertz CT molecular complexity index is 530. The zero-order valence-electron chi connectivity index (χ0n) is 11.4. The number of nitrogens with one attached hydrogen (secondary N) is 2. The summed E-state index contributed by atoms with van der Waals surface area (Å²) in [6, 6.07) is 3.20. The minimum atomic E-state index is -3.48. The van der Waals surface area contributed by atoms with Crippen LogP contribution < -0.4 is 10.0 Å². The number of hydrogen-bond acceptors (Lipinski definition) is 4. The summed E-state index contributed by atoms with van der Waals surface area (Å²) in [5.74, 6) is 1.55. The molecular formula is C13H21N3O2S. The molecule has 0 aromatic carbocycles. The van der Waals surface area contributed by atoms with Crippen LogP contribution in [0.1, 0.15) is 26.2 Å². The summed E-state index contributed by atoms with van der Waals surface area (Å²) in [4.78, 5) is 4.24. The Morgan fingerprint density at radius 2 is 2.21 bits per heavy atom. The van der Waals surface area contributed by atoms with Gasteiger partial charge in [0.15, 0.2) is 0 Å². The van der Waals surface area contributed by atoms with Gasteiger partial charge in [-0.15, -0.1) is 0 Å². The average molecular weight is 283 g/mol. The molecule has 1 heterocycles. The third-order valence-corrected chi connectivity index (χ3v) is 5.12. The van der Waals surface area contributed by atoms with Crippen molar-refractivity contribution in [3.05, 3.63) is 18.3 Å². The van der Waals surface area contributed by atoms with Gasteiger partial charge in [-0.2, -0.15) is 0 Å². The van der Waals surface area contributed by atoms with Crippen molar-refractivity contribution in [3.8, 4) is 0 Å². The van der Waals surface area contributed by atoms with Crippen LogP contribution in [0.25, 0.3) is 0 Å². The van der Waals surface area contributed by atoms with Crippen LogP contribution >= 0.6 is 0 Å². The van der Waals surface area contributed by atoms with Gasteiger partial charge < -0.3 is 5.32 Å². The first kappa shape index (κ1) is 14.3. The van der Waals surface area contributed by atoms with Gasteiger partial charge in [-0.05, 0) is 36.8 Å². The second kappa shape index (κ2) is 5.88. The van der Waals surface area contributed by atoms with Crippen molar-refractivity contribution in [2.75, 3.05) is 18.9 Å². The Morgan fingerprint density at radius 3 is 2.84 bits per heavy atom. The van der Waals surface area contributed by atoms with E-state index in [1.807, 2.05) is 0 Å². The maximum atomic E-state index is 12.3. The summed E-state index contributed by atoms with van der Waals surface area (Å²) in [6.07, 6.45) is 4.98. The van der Waals surface area contributed by atoms with Gasteiger partial charge in [0.1, 0.15) is 10.7 Å². The fourth-order valence-corrected chi connectivity index (χ4v) is 3.89. The van der Waals surface area contributed by atoms with Gasteiger partial charge in [0, 0.05) is 19.8 Å². The minimum absolute atomic E-state index is 0.212. The first-order valence-corrected chi connectivity index (χ1v) is 8.13. The van der Waals surface area contributed by atoms with Crippen molar-refractivity contribution in [1.82, 2.24) is 9.71 Å². The van der Waals surface area contributed by atoms with Crippen LogP contribution in [0.3, 0.4) is 0 Å². The Hall–Kier alpha value is -1.14.